The van der Waals surface area contributed by atoms with E-state index in [4.69, 9.17) is 10.5 Å². The monoisotopic (exact) mass is 207 g/mol. The van der Waals surface area contributed by atoms with Gasteiger partial charge in [0.2, 0.25) is 0 Å². The molecule has 2 heteroatoms. The molecular formula is C13H21NO. The third-order valence-electron chi connectivity index (χ3n) is 2.71. The van der Waals surface area contributed by atoms with Crippen molar-refractivity contribution in [2.45, 2.75) is 38.6 Å². The van der Waals surface area contributed by atoms with Crippen LogP contribution < -0.4 is 10.5 Å². The van der Waals surface area contributed by atoms with Gasteiger partial charge in [0.25, 0.3) is 0 Å². The molecule has 1 aromatic rings. The highest BCUT2D eigenvalue weighted by atomic mass is 16.5. The number of benzene rings is 1. The highest BCUT2D eigenvalue weighted by Crippen LogP contribution is 2.14. The lowest BCUT2D eigenvalue weighted by molar-refractivity contribution is 0.282. The molecule has 2 N–H and O–H groups in total. The Bertz CT molecular complexity index is 269. The first-order valence-corrected chi connectivity index (χ1v) is 5.61. The lowest BCUT2D eigenvalue weighted by Crippen LogP contribution is -2.35. The Kier molecular flexibility index (Phi) is 4.63. The second-order valence-electron chi connectivity index (χ2n) is 4.27. The summed E-state index contributed by atoms with van der Waals surface area (Å²) in [6.07, 6.45) is 3.03. The van der Waals surface area contributed by atoms with Crippen LogP contribution >= 0.6 is 0 Å². The largest absolute Gasteiger partial charge is 0.494 e. The van der Waals surface area contributed by atoms with Gasteiger partial charge in [-0.1, -0.05) is 25.1 Å². The minimum atomic E-state index is -0.0416. The Morgan fingerprint density at radius 2 is 1.93 bits per heavy atom. The van der Waals surface area contributed by atoms with Gasteiger partial charge in [-0.3, -0.25) is 0 Å². The van der Waals surface area contributed by atoms with E-state index in [9.17, 15) is 0 Å². The molecule has 84 valence electrons. The first-order chi connectivity index (χ1) is 7.14. The molecule has 0 aliphatic heterocycles. The molecule has 2 nitrogen and oxygen atoms in total. The molecule has 1 aromatic carbocycles. The summed E-state index contributed by atoms with van der Waals surface area (Å²) in [7, 11) is 0. The number of hydrogen-bond donors (Lipinski definition) is 1. The van der Waals surface area contributed by atoms with E-state index >= 15 is 0 Å². The normalized spacial score (nSPS) is 14.6. The summed E-state index contributed by atoms with van der Waals surface area (Å²) in [6, 6.07) is 9.90. The van der Waals surface area contributed by atoms with Crippen molar-refractivity contribution in [2.24, 2.45) is 5.73 Å². The minimum Gasteiger partial charge on any atom is -0.494 e. The number of hydrogen-bond acceptors (Lipinski definition) is 2. The maximum atomic E-state index is 6.04. The fourth-order valence-electron chi connectivity index (χ4n) is 1.36. The number of nitrogens with two attached hydrogens (primary N) is 1. The molecule has 0 amide bonds. The number of ether oxygens (including phenoxy) is 1. The van der Waals surface area contributed by atoms with Crippen molar-refractivity contribution >= 4 is 0 Å². The molecule has 0 bridgehead atoms. The lowest BCUT2D eigenvalue weighted by atomic mass is 9.94. The Morgan fingerprint density at radius 3 is 2.53 bits per heavy atom. The summed E-state index contributed by atoms with van der Waals surface area (Å²) in [5.74, 6) is 0.938. The van der Waals surface area contributed by atoms with E-state index in [-0.39, 0.29) is 5.54 Å². The second kappa shape index (κ2) is 5.76. The zero-order valence-electron chi connectivity index (χ0n) is 9.70. The van der Waals surface area contributed by atoms with Crippen LogP contribution in [0.15, 0.2) is 30.3 Å². The molecular weight excluding hydrogens is 186 g/mol. The lowest BCUT2D eigenvalue weighted by Gasteiger charge is -2.22. The van der Waals surface area contributed by atoms with E-state index in [2.05, 4.69) is 13.8 Å². The minimum absolute atomic E-state index is 0.0416. The maximum Gasteiger partial charge on any atom is 0.119 e. The molecule has 0 radical (unpaired) electrons. The van der Waals surface area contributed by atoms with Crippen molar-refractivity contribution < 1.29 is 4.74 Å². The van der Waals surface area contributed by atoms with Gasteiger partial charge in [0.05, 0.1) is 6.61 Å². The van der Waals surface area contributed by atoms with Gasteiger partial charge in [-0.05, 0) is 38.3 Å². The van der Waals surface area contributed by atoms with Gasteiger partial charge in [0.1, 0.15) is 5.75 Å². The molecule has 0 aliphatic rings. The van der Waals surface area contributed by atoms with E-state index in [1.807, 2.05) is 30.3 Å². The van der Waals surface area contributed by atoms with Crippen LogP contribution in [0.5, 0.6) is 5.75 Å². The highest BCUT2D eigenvalue weighted by molar-refractivity contribution is 5.20. The van der Waals surface area contributed by atoms with Crippen LogP contribution in [0.25, 0.3) is 0 Å². The van der Waals surface area contributed by atoms with Gasteiger partial charge in [-0.25, -0.2) is 0 Å². The maximum absolute atomic E-state index is 6.04. The molecule has 1 atom stereocenters. The van der Waals surface area contributed by atoms with Crippen molar-refractivity contribution in [1.29, 1.82) is 0 Å². The average Bonchev–Trinajstić information content (AvgIpc) is 2.26. The molecule has 15 heavy (non-hydrogen) atoms. The Morgan fingerprint density at radius 1 is 1.27 bits per heavy atom. The molecule has 0 heterocycles. The van der Waals surface area contributed by atoms with Crippen LogP contribution in [0.3, 0.4) is 0 Å². The SMILES string of the molecule is CCC(C)(N)CCCOc1ccccc1. The summed E-state index contributed by atoms with van der Waals surface area (Å²) in [4.78, 5) is 0. The molecule has 0 fully saturated rings. The average molecular weight is 207 g/mol. The molecule has 0 aromatic heterocycles. The first kappa shape index (κ1) is 12.1. The van der Waals surface area contributed by atoms with Gasteiger partial charge >= 0.3 is 0 Å². The van der Waals surface area contributed by atoms with Gasteiger partial charge in [-0.15, -0.1) is 0 Å². The molecule has 0 saturated heterocycles. The van der Waals surface area contributed by atoms with Crippen molar-refractivity contribution in [3.05, 3.63) is 30.3 Å². The van der Waals surface area contributed by atoms with Crippen molar-refractivity contribution in [1.82, 2.24) is 0 Å². The van der Waals surface area contributed by atoms with E-state index < -0.39 is 0 Å². The van der Waals surface area contributed by atoms with Gasteiger partial charge < -0.3 is 10.5 Å². The molecule has 1 unspecified atom stereocenters. The van der Waals surface area contributed by atoms with E-state index in [1.54, 1.807) is 0 Å². The van der Waals surface area contributed by atoms with Gasteiger partial charge in [0, 0.05) is 5.54 Å². The fraction of sp³-hybridized carbons (Fsp3) is 0.538. The standard InChI is InChI=1S/C13H21NO/c1-3-13(2,14)10-7-11-15-12-8-5-4-6-9-12/h4-6,8-9H,3,7,10-11,14H2,1-2H3. The summed E-state index contributed by atoms with van der Waals surface area (Å²) < 4.78 is 5.59. The second-order valence-corrected chi connectivity index (χ2v) is 4.27. The van der Waals surface area contributed by atoms with Crippen molar-refractivity contribution in [3.63, 3.8) is 0 Å². The number of para-hydroxylation sites is 1. The molecule has 0 saturated carbocycles. The zero-order valence-corrected chi connectivity index (χ0v) is 9.70. The van der Waals surface area contributed by atoms with Crippen molar-refractivity contribution in [3.8, 4) is 5.75 Å². The highest BCUT2D eigenvalue weighted by Gasteiger charge is 2.14. The van der Waals surface area contributed by atoms with Crippen LogP contribution in [0.2, 0.25) is 0 Å². The van der Waals surface area contributed by atoms with Crippen LogP contribution in [-0.4, -0.2) is 12.1 Å². The number of rotatable bonds is 6. The smallest absolute Gasteiger partial charge is 0.119 e. The summed E-state index contributed by atoms with van der Waals surface area (Å²) in [6.45, 7) is 4.96. The van der Waals surface area contributed by atoms with Crippen molar-refractivity contribution in [2.75, 3.05) is 6.61 Å². The molecule has 0 aliphatic carbocycles. The fourth-order valence-corrected chi connectivity index (χ4v) is 1.36. The Balaban J connectivity index is 2.18. The van der Waals surface area contributed by atoms with Crippen LogP contribution in [0.1, 0.15) is 33.1 Å². The zero-order chi connectivity index (χ0) is 11.1. The van der Waals surface area contributed by atoms with Crippen LogP contribution in [0.4, 0.5) is 0 Å². The van der Waals surface area contributed by atoms with E-state index in [0.717, 1.165) is 31.6 Å². The summed E-state index contributed by atoms with van der Waals surface area (Å²) in [5, 5.41) is 0. The predicted molar refractivity (Wildman–Crippen MR) is 64.1 cm³/mol. The van der Waals surface area contributed by atoms with Gasteiger partial charge in [0.15, 0.2) is 0 Å². The topological polar surface area (TPSA) is 35.2 Å². The molecule has 0 spiro atoms. The van der Waals surface area contributed by atoms with Gasteiger partial charge in [-0.2, -0.15) is 0 Å². The quantitative estimate of drug-likeness (QED) is 0.728. The van der Waals surface area contributed by atoms with Crippen LogP contribution in [-0.2, 0) is 0 Å². The third kappa shape index (κ3) is 4.84. The predicted octanol–water partition coefficient (Wildman–Crippen LogP) is 2.97. The van der Waals surface area contributed by atoms with Crippen LogP contribution in [0, 0.1) is 0 Å². The first-order valence-electron chi connectivity index (χ1n) is 5.61. The third-order valence-corrected chi connectivity index (χ3v) is 2.71. The summed E-state index contributed by atoms with van der Waals surface area (Å²) in [5.41, 5.74) is 6.00. The summed E-state index contributed by atoms with van der Waals surface area (Å²) >= 11 is 0. The molecule has 1 rings (SSSR count). The van der Waals surface area contributed by atoms with E-state index in [0.29, 0.717) is 0 Å². The Hall–Kier alpha value is -1.02. The Labute approximate surface area is 92.4 Å². The van der Waals surface area contributed by atoms with E-state index in [1.165, 1.54) is 0 Å².